The quantitative estimate of drug-likeness (QED) is 0.255. The molecule has 0 radical (unpaired) electrons. The van der Waals surface area contributed by atoms with Gasteiger partial charge in [0.05, 0.1) is 11.0 Å². The molecule has 5 aromatic rings. The Hall–Kier alpha value is -4.10. The van der Waals surface area contributed by atoms with Crippen molar-refractivity contribution in [3.63, 3.8) is 0 Å². The third-order valence-corrected chi connectivity index (χ3v) is 5.86. The minimum atomic E-state index is 1.16. The van der Waals surface area contributed by atoms with E-state index in [0.29, 0.717) is 0 Å². The molecule has 4 aromatic carbocycles. The molecule has 1 aromatic heterocycles. The molecule has 0 N–H and O–H groups in total. The fraction of sp³-hybridized carbons (Fsp3) is 0.0323. The molecule has 1 heteroatoms. The van der Waals surface area contributed by atoms with Crippen LogP contribution in [0.15, 0.2) is 128 Å². The van der Waals surface area contributed by atoms with E-state index in [2.05, 4.69) is 126 Å². The molecule has 0 unspecified atom stereocenters. The van der Waals surface area contributed by atoms with Gasteiger partial charge in [-0.25, -0.2) is 0 Å². The van der Waals surface area contributed by atoms with E-state index in [-0.39, 0.29) is 0 Å². The van der Waals surface area contributed by atoms with Gasteiger partial charge in [-0.15, -0.1) is 0 Å². The van der Waals surface area contributed by atoms with E-state index in [1.165, 1.54) is 44.2 Å². The predicted molar refractivity (Wildman–Crippen MR) is 139 cm³/mol. The normalized spacial score (nSPS) is 12.1. The zero-order chi connectivity index (χ0) is 21.9. The Kier molecular flexibility index (Phi) is 5.31. The van der Waals surface area contributed by atoms with Crippen LogP contribution in [0.1, 0.15) is 12.5 Å². The second kappa shape index (κ2) is 8.56. The van der Waals surface area contributed by atoms with Crippen molar-refractivity contribution in [1.29, 1.82) is 0 Å². The lowest BCUT2D eigenvalue weighted by Crippen LogP contribution is -1.95. The summed E-state index contributed by atoms with van der Waals surface area (Å²) >= 11 is 0. The van der Waals surface area contributed by atoms with Gasteiger partial charge in [0.1, 0.15) is 0 Å². The van der Waals surface area contributed by atoms with Crippen molar-refractivity contribution < 1.29 is 0 Å². The molecule has 1 nitrogen and oxygen atoms in total. The van der Waals surface area contributed by atoms with Crippen LogP contribution in [-0.2, 0) is 0 Å². The first-order valence-electron chi connectivity index (χ1n) is 11.0. The van der Waals surface area contributed by atoms with Crippen LogP contribution in [-0.4, -0.2) is 4.57 Å². The lowest BCUT2D eigenvalue weighted by atomic mass is 10.00. The Morgan fingerprint density at radius 1 is 0.781 bits per heavy atom. The zero-order valence-corrected chi connectivity index (χ0v) is 18.2. The number of allylic oxidation sites excluding steroid dienone is 5. The molecular weight excluding hydrogens is 386 g/mol. The summed E-state index contributed by atoms with van der Waals surface area (Å²) in [6, 6.07) is 34.6. The average Bonchev–Trinajstić information content (AvgIpc) is 3.19. The highest BCUT2D eigenvalue weighted by Crippen LogP contribution is 2.39. The van der Waals surface area contributed by atoms with Gasteiger partial charge in [0.2, 0.25) is 0 Å². The van der Waals surface area contributed by atoms with Gasteiger partial charge in [-0.3, -0.25) is 0 Å². The van der Waals surface area contributed by atoms with Crippen LogP contribution in [0.2, 0.25) is 0 Å². The van der Waals surface area contributed by atoms with Crippen molar-refractivity contribution in [3.05, 3.63) is 134 Å². The molecule has 154 valence electrons. The highest BCUT2D eigenvalue weighted by molar-refractivity contribution is 6.14. The number of nitrogens with zero attached hydrogens (tertiary/aromatic N) is 1. The standard InChI is InChI=1S/C31H25N/c1-3-12-23(13-4-2)25-20-21-30-29(22-25)28-19-11-18-27(24-14-7-5-8-15-24)31(28)32(30)26-16-9-6-10-17-26/h3-22H,1H2,2H3/b13-4-,23-12+. The molecule has 0 amide bonds. The van der Waals surface area contributed by atoms with Crippen LogP contribution in [0, 0.1) is 0 Å². The van der Waals surface area contributed by atoms with Gasteiger partial charge in [-0.05, 0) is 47.9 Å². The molecule has 0 bridgehead atoms. The highest BCUT2D eigenvalue weighted by Gasteiger charge is 2.17. The minimum Gasteiger partial charge on any atom is -0.309 e. The molecule has 0 saturated heterocycles. The van der Waals surface area contributed by atoms with Crippen LogP contribution in [0.4, 0.5) is 0 Å². The molecular formula is C31H25N. The number of aromatic nitrogens is 1. The fourth-order valence-electron chi connectivity index (χ4n) is 4.50. The molecule has 0 aliphatic rings. The van der Waals surface area contributed by atoms with E-state index in [4.69, 9.17) is 0 Å². The van der Waals surface area contributed by atoms with Crippen LogP contribution in [0.3, 0.4) is 0 Å². The van der Waals surface area contributed by atoms with Crippen molar-refractivity contribution in [3.8, 4) is 16.8 Å². The summed E-state index contributed by atoms with van der Waals surface area (Å²) in [4.78, 5) is 0. The summed E-state index contributed by atoms with van der Waals surface area (Å²) in [5, 5.41) is 2.50. The van der Waals surface area contributed by atoms with Crippen molar-refractivity contribution in [2.75, 3.05) is 0 Å². The fourth-order valence-corrected chi connectivity index (χ4v) is 4.50. The first-order chi connectivity index (χ1) is 15.8. The lowest BCUT2D eigenvalue weighted by Gasteiger charge is -2.11. The molecule has 0 aliphatic heterocycles. The second-order valence-electron chi connectivity index (χ2n) is 7.83. The first-order valence-corrected chi connectivity index (χ1v) is 11.0. The SMILES string of the molecule is C=C/C=C(\C=C/C)c1ccc2c(c1)c1cccc(-c3ccccc3)c1n2-c1ccccc1. The van der Waals surface area contributed by atoms with Crippen LogP contribution in [0.5, 0.6) is 0 Å². The monoisotopic (exact) mass is 411 g/mol. The van der Waals surface area contributed by atoms with E-state index in [1.807, 2.05) is 13.0 Å². The highest BCUT2D eigenvalue weighted by atomic mass is 15.0. The Bertz CT molecular complexity index is 1470. The number of benzene rings is 4. The average molecular weight is 412 g/mol. The minimum absolute atomic E-state index is 1.16. The summed E-state index contributed by atoms with van der Waals surface area (Å²) in [6.45, 7) is 5.94. The molecule has 1 heterocycles. The summed E-state index contributed by atoms with van der Waals surface area (Å²) in [5.74, 6) is 0. The van der Waals surface area contributed by atoms with Gasteiger partial charge in [0.25, 0.3) is 0 Å². The van der Waals surface area contributed by atoms with E-state index in [0.717, 1.165) is 5.57 Å². The van der Waals surface area contributed by atoms with Crippen LogP contribution >= 0.6 is 0 Å². The van der Waals surface area contributed by atoms with E-state index >= 15 is 0 Å². The van der Waals surface area contributed by atoms with Crippen LogP contribution < -0.4 is 0 Å². The van der Waals surface area contributed by atoms with Crippen molar-refractivity contribution in [1.82, 2.24) is 4.57 Å². The third-order valence-electron chi connectivity index (χ3n) is 5.86. The van der Waals surface area contributed by atoms with Crippen molar-refractivity contribution in [2.24, 2.45) is 0 Å². The lowest BCUT2D eigenvalue weighted by molar-refractivity contribution is 1.18. The number of hydrogen-bond acceptors (Lipinski definition) is 0. The molecule has 0 saturated carbocycles. The largest absolute Gasteiger partial charge is 0.309 e. The smallest absolute Gasteiger partial charge is 0.0619 e. The Morgan fingerprint density at radius 3 is 2.25 bits per heavy atom. The summed E-state index contributed by atoms with van der Waals surface area (Å²) < 4.78 is 2.39. The predicted octanol–water partition coefficient (Wildman–Crippen LogP) is 8.60. The van der Waals surface area contributed by atoms with Crippen molar-refractivity contribution >= 4 is 27.4 Å². The van der Waals surface area contributed by atoms with Gasteiger partial charge in [-0.2, -0.15) is 0 Å². The number of fused-ring (bicyclic) bond motifs is 3. The molecule has 0 spiro atoms. The first kappa shape index (κ1) is 19.8. The summed E-state index contributed by atoms with van der Waals surface area (Å²) in [5.41, 5.74) is 8.41. The van der Waals surface area contributed by atoms with Gasteiger partial charge < -0.3 is 4.57 Å². The molecule has 0 aliphatic carbocycles. The number of para-hydroxylation sites is 2. The maximum absolute atomic E-state index is 3.90. The summed E-state index contributed by atoms with van der Waals surface area (Å²) in [7, 11) is 0. The summed E-state index contributed by atoms with van der Waals surface area (Å²) in [6.07, 6.45) is 8.11. The Balaban J connectivity index is 1.90. The number of rotatable bonds is 5. The van der Waals surface area contributed by atoms with E-state index < -0.39 is 0 Å². The molecule has 0 atom stereocenters. The maximum Gasteiger partial charge on any atom is 0.0619 e. The molecule has 0 fully saturated rings. The van der Waals surface area contributed by atoms with Crippen molar-refractivity contribution in [2.45, 2.75) is 6.92 Å². The van der Waals surface area contributed by atoms with Gasteiger partial charge in [0.15, 0.2) is 0 Å². The Morgan fingerprint density at radius 2 is 1.53 bits per heavy atom. The maximum atomic E-state index is 3.90. The van der Waals surface area contributed by atoms with E-state index in [9.17, 15) is 0 Å². The zero-order valence-electron chi connectivity index (χ0n) is 18.2. The van der Waals surface area contributed by atoms with Gasteiger partial charge >= 0.3 is 0 Å². The van der Waals surface area contributed by atoms with E-state index in [1.54, 1.807) is 0 Å². The number of hydrogen-bond donors (Lipinski definition) is 0. The van der Waals surface area contributed by atoms with Gasteiger partial charge in [0, 0.05) is 22.0 Å². The topological polar surface area (TPSA) is 4.93 Å². The Labute approximate surface area is 189 Å². The third kappa shape index (κ3) is 3.38. The van der Waals surface area contributed by atoms with Crippen LogP contribution in [0.25, 0.3) is 44.2 Å². The molecule has 5 rings (SSSR count). The second-order valence-corrected chi connectivity index (χ2v) is 7.83. The van der Waals surface area contributed by atoms with Gasteiger partial charge in [-0.1, -0.05) is 104 Å². The molecule has 32 heavy (non-hydrogen) atoms.